The molecule has 0 bridgehead atoms. The third-order valence-electron chi connectivity index (χ3n) is 4.09. The zero-order chi connectivity index (χ0) is 14.6. The summed E-state index contributed by atoms with van der Waals surface area (Å²) in [6.07, 6.45) is 3.94. The van der Waals surface area contributed by atoms with E-state index in [2.05, 4.69) is 5.43 Å². The predicted octanol–water partition coefficient (Wildman–Crippen LogP) is 2.69. The molecule has 2 rings (SSSR count). The fourth-order valence-electron chi connectivity index (χ4n) is 3.17. The molecule has 5 heteroatoms. The van der Waals surface area contributed by atoms with Gasteiger partial charge in [0.2, 0.25) is 0 Å². The van der Waals surface area contributed by atoms with E-state index in [-0.39, 0.29) is 11.9 Å². The van der Waals surface area contributed by atoms with Gasteiger partial charge in [-0.15, -0.1) is 0 Å². The summed E-state index contributed by atoms with van der Waals surface area (Å²) in [6, 6.07) is 4.50. The van der Waals surface area contributed by atoms with E-state index in [1.165, 1.54) is 13.2 Å². The van der Waals surface area contributed by atoms with Gasteiger partial charge in [-0.3, -0.25) is 5.84 Å². The van der Waals surface area contributed by atoms with Crippen molar-refractivity contribution in [2.75, 3.05) is 13.7 Å². The minimum Gasteiger partial charge on any atom is -0.497 e. The molecule has 0 heterocycles. The molecule has 1 atom stereocenters. The van der Waals surface area contributed by atoms with Gasteiger partial charge in [-0.25, -0.2) is 9.82 Å². The molecule has 0 aromatic heterocycles. The minimum atomic E-state index is -0.418. The highest BCUT2D eigenvalue weighted by Crippen LogP contribution is 2.43. The molecular formula is C15H23FN2O2. The van der Waals surface area contributed by atoms with Crippen molar-refractivity contribution >= 4 is 0 Å². The van der Waals surface area contributed by atoms with E-state index in [1.807, 2.05) is 6.92 Å². The minimum absolute atomic E-state index is 0.321. The number of halogens is 1. The van der Waals surface area contributed by atoms with Gasteiger partial charge in [0.1, 0.15) is 11.6 Å². The number of nitrogens with one attached hydrogen (secondary N) is 1. The predicted molar refractivity (Wildman–Crippen MR) is 75.8 cm³/mol. The van der Waals surface area contributed by atoms with E-state index in [0.717, 1.165) is 25.7 Å². The molecule has 4 nitrogen and oxygen atoms in total. The van der Waals surface area contributed by atoms with Crippen LogP contribution in [0.25, 0.3) is 0 Å². The SMILES string of the molecule is CCOC1(C(NN)c2ccc(OC)cc2F)CCCC1. The molecule has 0 saturated heterocycles. The van der Waals surface area contributed by atoms with Crippen LogP contribution in [0, 0.1) is 5.82 Å². The molecular weight excluding hydrogens is 259 g/mol. The largest absolute Gasteiger partial charge is 0.497 e. The van der Waals surface area contributed by atoms with Crippen LogP contribution in [0.15, 0.2) is 18.2 Å². The van der Waals surface area contributed by atoms with Crippen LogP contribution in [0.4, 0.5) is 4.39 Å². The number of benzene rings is 1. The summed E-state index contributed by atoms with van der Waals surface area (Å²) in [5.41, 5.74) is 2.87. The van der Waals surface area contributed by atoms with Gasteiger partial charge in [0, 0.05) is 18.2 Å². The molecule has 112 valence electrons. The maximum Gasteiger partial charge on any atom is 0.131 e. The van der Waals surface area contributed by atoms with E-state index < -0.39 is 5.60 Å². The molecule has 1 unspecified atom stereocenters. The second-order valence-electron chi connectivity index (χ2n) is 5.19. The van der Waals surface area contributed by atoms with Crippen LogP contribution in [0.1, 0.15) is 44.2 Å². The first-order valence-electron chi connectivity index (χ1n) is 7.10. The van der Waals surface area contributed by atoms with Crippen LogP contribution in [0.5, 0.6) is 5.75 Å². The normalized spacial score (nSPS) is 19.0. The Kier molecular flexibility index (Phi) is 4.96. The molecule has 0 amide bonds. The molecule has 1 aliphatic carbocycles. The number of nitrogens with two attached hydrogens (primary N) is 1. The van der Waals surface area contributed by atoms with Gasteiger partial charge in [-0.2, -0.15) is 0 Å². The number of ether oxygens (including phenoxy) is 2. The lowest BCUT2D eigenvalue weighted by Crippen LogP contribution is -2.47. The number of rotatable bonds is 6. The molecule has 0 radical (unpaired) electrons. The van der Waals surface area contributed by atoms with Crippen LogP contribution in [-0.2, 0) is 4.74 Å². The van der Waals surface area contributed by atoms with Crippen LogP contribution >= 0.6 is 0 Å². The van der Waals surface area contributed by atoms with E-state index in [4.69, 9.17) is 15.3 Å². The zero-order valence-electron chi connectivity index (χ0n) is 12.1. The first-order valence-corrected chi connectivity index (χ1v) is 7.10. The van der Waals surface area contributed by atoms with Gasteiger partial charge in [0.25, 0.3) is 0 Å². The van der Waals surface area contributed by atoms with Crippen molar-refractivity contribution in [3.05, 3.63) is 29.6 Å². The highest BCUT2D eigenvalue weighted by molar-refractivity contribution is 5.32. The second-order valence-corrected chi connectivity index (χ2v) is 5.19. The highest BCUT2D eigenvalue weighted by atomic mass is 19.1. The van der Waals surface area contributed by atoms with Gasteiger partial charge in [-0.1, -0.05) is 18.9 Å². The Balaban J connectivity index is 2.35. The molecule has 1 aromatic rings. The van der Waals surface area contributed by atoms with Gasteiger partial charge in [0.05, 0.1) is 18.8 Å². The summed E-state index contributed by atoms with van der Waals surface area (Å²) in [5.74, 6) is 5.89. The molecule has 1 aliphatic rings. The van der Waals surface area contributed by atoms with E-state index >= 15 is 0 Å². The molecule has 1 aromatic carbocycles. The third-order valence-corrected chi connectivity index (χ3v) is 4.09. The number of methoxy groups -OCH3 is 1. The second kappa shape index (κ2) is 6.52. The van der Waals surface area contributed by atoms with Crippen molar-refractivity contribution < 1.29 is 13.9 Å². The number of hydrogen-bond donors (Lipinski definition) is 2. The maximum absolute atomic E-state index is 14.3. The Morgan fingerprint density at radius 2 is 2.10 bits per heavy atom. The molecule has 3 N–H and O–H groups in total. The summed E-state index contributed by atoms with van der Waals surface area (Å²) >= 11 is 0. The lowest BCUT2D eigenvalue weighted by molar-refractivity contribution is -0.0634. The summed E-state index contributed by atoms with van der Waals surface area (Å²) < 4.78 is 25.3. The average molecular weight is 282 g/mol. The van der Waals surface area contributed by atoms with E-state index in [0.29, 0.717) is 17.9 Å². The monoisotopic (exact) mass is 282 g/mol. The Morgan fingerprint density at radius 1 is 1.40 bits per heavy atom. The standard InChI is InChI=1S/C15H23FN2O2/c1-3-20-15(8-4-5-9-15)14(18-17)12-7-6-11(19-2)10-13(12)16/h6-7,10,14,18H,3-5,8-9,17H2,1-2H3. The van der Waals surface area contributed by atoms with E-state index in [9.17, 15) is 4.39 Å². The Morgan fingerprint density at radius 3 is 2.60 bits per heavy atom. The zero-order valence-corrected chi connectivity index (χ0v) is 12.1. The van der Waals surface area contributed by atoms with Gasteiger partial charge < -0.3 is 9.47 Å². The van der Waals surface area contributed by atoms with Crippen LogP contribution in [-0.4, -0.2) is 19.3 Å². The fraction of sp³-hybridized carbons (Fsp3) is 0.600. The highest BCUT2D eigenvalue weighted by Gasteiger charge is 2.43. The summed E-state index contributed by atoms with van der Waals surface area (Å²) in [6.45, 7) is 2.55. The van der Waals surface area contributed by atoms with Crippen molar-refractivity contribution in [3.63, 3.8) is 0 Å². The van der Waals surface area contributed by atoms with Crippen molar-refractivity contribution in [2.45, 2.75) is 44.2 Å². The van der Waals surface area contributed by atoms with Crippen molar-refractivity contribution in [1.82, 2.24) is 5.43 Å². The van der Waals surface area contributed by atoms with Crippen molar-refractivity contribution in [1.29, 1.82) is 0 Å². The molecule has 1 saturated carbocycles. The summed E-state index contributed by atoms with van der Waals surface area (Å²) in [7, 11) is 1.52. The fourth-order valence-corrected chi connectivity index (χ4v) is 3.17. The molecule has 1 fully saturated rings. The van der Waals surface area contributed by atoms with Crippen LogP contribution < -0.4 is 16.0 Å². The van der Waals surface area contributed by atoms with Gasteiger partial charge in [-0.05, 0) is 25.8 Å². The first-order chi connectivity index (χ1) is 9.66. The molecule has 20 heavy (non-hydrogen) atoms. The lowest BCUT2D eigenvalue weighted by Gasteiger charge is -2.37. The maximum atomic E-state index is 14.3. The van der Waals surface area contributed by atoms with Gasteiger partial charge in [0.15, 0.2) is 0 Å². The summed E-state index contributed by atoms with van der Waals surface area (Å²) in [5, 5.41) is 0. The Bertz CT molecular complexity index is 447. The van der Waals surface area contributed by atoms with Crippen molar-refractivity contribution in [3.8, 4) is 5.75 Å². The molecule has 0 spiro atoms. The third kappa shape index (κ3) is 2.80. The Hall–Kier alpha value is -1.17. The smallest absolute Gasteiger partial charge is 0.131 e. The van der Waals surface area contributed by atoms with Gasteiger partial charge >= 0.3 is 0 Å². The number of hydrogen-bond acceptors (Lipinski definition) is 4. The quantitative estimate of drug-likeness (QED) is 0.622. The van der Waals surface area contributed by atoms with Crippen molar-refractivity contribution in [2.24, 2.45) is 5.84 Å². The topological polar surface area (TPSA) is 56.5 Å². The Labute approximate surface area is 119 Å². The first kappa shape index (κ1) is 15.2. The lowest BCUT2D eigenvalue weighted by atomic mass is 9.86. The van der Waals surface area contributed by atoms with E-state index in [1.54, 1.807) is 12.1 Å². The number of hydrazine groups is 1. The van der Waals surface area contributed by atoms with Crippen LogP contribution in [0.3, 0.4) is 0 Å². The summed E-state index contributed by atoms with van der Waals surface area (Å²) in [4.78, 5) is 0. The average Bonchev–Trinajstić information content (AvgIpc) is 2.91. The van der Waals surface area contributed by atoms with Crippen LogP contribution in [0.2, 0.25) is 0 Å². The molecule has 0 aliphatic heterocycles.